The Morgan fingerprint density at radius 1 is 1.50 bits per heavy atom. The molecule has 1 aromatic carbocycles. The lowest BCUT2D eigenvalue weighted by atomic mass is 10.1. The molecule has 0 aromatic heterocycles. The first-order chi connectivity index (χ1) is 9.67. The molecule has 1 aliphatic heterocycles. The van der Waals surface area contributed by atoms with E-state index in [1.54, 1.807) is 0 Å². The summed E-state index contributed by atoms with van der Waals surface area (Å²) < 4.78 is 0. The summed E-state index contributed by atoms with van der Waals surface area (Å²) in [5, 5.41) is 12.1. The van der Waals surface area contributed by atoms with Gasteiger partial charge in [0.05, 0.1) is 0 Å². The maximum Gasteiger partial charge on any atom is 0.254 e. The zero-order valence-electron chi connectivity index (χ0n) is 12.4. The van der Waals surface area contributed by atoms with E-state index >= 15 is 0 Å². The third kappa shape index (κ3) is 3.12. The number of likely N-dealkylation sites (tertiary alicyclic amines) is 1. The van der Waals surface area contributed by atoms with Crippen LogP contribution in [0.25, 0.3) is 0 Å². The smallest absolute Gasteiger partial charge is 0.254 e. The van der Waals surface area contributed by atoms with Crippen LogP contribution in [-0.4, -0.2) is 42.2 Å². The molecule has 20 heavy (non-hydrogen) atoms. The Bertz CT molecular complexity index is 474. The highest BCUT2D eigenvalue weighted by Gasteiger charge is 2.28. The number of anilines is 1. The number of aliphatic hydroxyl groups is 1. The van der Waals surface area contributed by atoms with Gasteiger partial charge in [0.25, 0.3) is 5.91 Å². The lowest BCUT2D eigenvalue weighted by Gasteiger charge is -2.25. The lowest BCUT2D eigenvalue weighted by molar-refractivity contribution is 0.0724. The van der Waals surface area contributed by atoms with Gasteiger partial charge in [0.2, 0.25) is 0 Å². The molecular weight excluding hydrogens is 252 g/mol. The van der Waals surface area contributed by atoms with Gasteiger partial charge in [-0.05, 0) is 56.4 Å². The molecule has 1 saturated heterocycles. The van der Waals surface area contributed by atoms with Crippen LogP contribution in [0.15, 0.2) is 18.2 Å². The topological polar surface area (TPSA) is 52.6 Å². The highest BCUT2D eigenvalue weighted by Crippen LogP contribution is 2.25. The molecule has 110 valence electrons. The van der Waals surface area contributed by atoms with Crippen molar-refractivity contribution in [3.8, 4) is 0 Å². The van der Waals surface area contributed by atoms with Crippen LogP contribution in [0, 0.1) is 6.92 Å². The summed E-state index contributed by atoms with van der Waals surface area (Å²) in [5.41, 5.74) is 2.90. The van der Waals surface area contributed by atoms with E-state index < -0.39 is 0 Å². The Labute approximate surface area is 120 Å². The Morgan fingerprint density at radius 3 is 2.95 bits per heavy atom. The highest BCUT2D eigenvalue weighted by atomic mass is 16.3. The highest BCUT2D eigenvalue weighted by molar-refractivity contribution is 5.95. The third-order valence-electron chi connectivity index (χ3n) is 4.08. The second-order valence-corrected chi connectivity index (χ2v) is 5.44. The van der Waals surface area contributed by atoms with Gasteiger partial charge in [-0.15, -0.1) is 0 Å². The number of benzene rings is 1. The van der Waals surface area contributed by atoms with Gasteiger partial charge in [-0.2, -0.15) is 0 Å². The summed E-state index contributed by atoms with van der Waals surface area (Å²) in [7, 11) is 1.88. The van der Waals surface area contributed by atoms with Gasteiger partial charge >= 0.3 is 0 Å². The monoisotopic (exact) mass is 276 g/mol. The SMILES string of the molecule is CNc1ccc(C(=O)N2CCCC2CCCO)cc1C. The number of aliphatic hydroxyl groups excluding tert-OH is 1. The molecule has 1 fully saturated rings. The Morgan fingerprint density at radius 2 is 2.30 bits per heavy atom. The van der Waals surface area contributed by atoms with Crippen LogP contribution >= 0.6 is 0 Å². The van der Waals surface area contributed by atoms with Crippen LogP contribution in [0.5, 0.6) is 0 Å². The Hall–Kier alpha value is -1.55. The van der Waals surface area contributed by atoms with E-state index in [4.69, 9.17) is 5.11 Å². The van der Waals surface area contributed by atoms with E-state index in [1.807, 2.05) is 37.1 Å². The van der Waals surface area contributed by atoms with Gasteiger partial charge in [-0.3, -0.25) is 4.79 Å². The van der Waals surface area contributed by atoms with E-state index in [-0.39, 0.29) is 12.5 Å². The van der Waals surface area contributed by atoms with Crippen molar-refractivity contribution in [3.05, 3.63) is 29.3 Å². The average molecular weight is 276 g/mol. The first kappa shape index (κ1) is 14.9. The predicted molar refractivity (Wildman–Crippen MR) is 81.1 cm³/mol. The quantitative estimate of drug-likeness (QED) is 0.868. The van der Waals surface area contributed by atoms with Crippen molar-refractivity contribution in [1.29, 1.82) is 0 Å². The molecule has 0 spiro atoms. The van der Waals surface area contributed by atoms with Crippen molar-refractivity contribution in [1.82, 2.24) is 4.90 Å². The first-order valence-corrected chi connectivity index (χ1v) is 7.37. The number of carbonyl (C=O) groups is 1. The molecule has 2 N–H and O–H groups in total. The molecule has 0 aliphatic carbocycles. The number of nitrogens with one attached hydrogen (secondary N) is 1. The fourth-order valence-corrected chi connectivity index (χ4v) is 2.97. The molecule has 1 aromatic rings. The van der Waals surface area contributed by atoms with Crippen LogP contribution in [0.4, 0.5) is 5.69 Å². The second kappa shape index (κ2) is 6.75. The molecule has 2 rings (SSSR count). The molecule has 1 amide bonds. The van der Waals surface area contributed by atoms with Crippen molar-refractivity contribution in [2.75, 3.05) is 25.5 Å². The maximum absolute atomic E-state index is 12.6. The van der Waals surface area contributed by atoms with Crippen molar-refractivity contribution >= 4 is 11.6 Å². The number of nitrogens with zero attached hydrogens (tertiary/aromatic N) is 1. The van der Waals surface area contributed by atoms with Crippen LogP contribution in [0.1, 0.15) is 41.6 Å². The minimum absolute atomic E-state index is 0.121. The van der Waals surface area contributed by atoms with Crippen LogP contribution in [0.2, 0.25) is 0 Å². The summed E-state index contributed by atoms with van der Waals surface area (Å²) in [6.07, 6.45) is 3.79. The maximum atomic E-state index is 12.6. The van der Waals surface area contributed by atoms with Gasteiger partial charge < -0.3 is 15.3 Å². The fourth-order valence-electron chi connectivity index (χ4n) is 2.97. The summed E-state index contributed by atoms with van der Waals surface area (Å²) >= 11 is 0. The van der Waals surface area contributed by atoms with E-state index in [2.05, 4.69) is 5.32 Å². The zero-order chi connectivity index (χ0) is 14.5. The summed E-state index contributed by atoms with van der Waals surface area (Å²) in [5.74, 6) is 0.121. The van der Waals surface area contributed by atoms with Crippen molar-refractivity contribution in [3.63, 3.8) is 0 Å². The van der Waals surface area contributed by atoms with E-state index in [9.17, 15) is 4.79 Å². The van der Waals surface area contributed by atoms with Gasteiger partial charge in [0.15, 0.2) is 0 Å². The van der Waals surface area contributed by atoms with Gasteiger partial charge in [-0.1, -0.05) is 0 Å². The normalized spacial score (nSPS) is 18.4. The van der Waals surface area contributed by atoms with Crippen LogP contribution in [0.3, 0.4) is 0 Å². The van der Waals surface area contributed by atoms with Crippen molar-refractivity contribution in [2.24, 2.45) is 0 Å². The Kier molecular flexibility index (Phi) is 5.01. The molecule has 0 saturated carbocycles. The number of carbonyl (C=O) groups excluding carboxylic acids is 1. The summed E-state index contributed by atoms with van der Waals surface area (Å²) in [6, 6.07) is 6.10. The van der Waals surface area contributed by atoms with Crippen molar-refractivity contribution < 1.29 is 9.90 Å². The van der Waals surface area contributed by atoms with Crippen molar-refractivity contribution in [2.45, 2.75) is 38.6 Å². The summed E-state index contributed by atoms with van der Waals surface area (Å²) in [6.45, 7) is 3.05. The molecule has 0 radical (unpaired) electrons. The van der Waals surface area contributed by atoms with Gasteiger partial charge in [0.1, 0.15) is 0 Å². The minimum atomic E-state index is 0.121. The third-order valence-corrected chi connectivity index (χ3v) is 4.08. The molecule has 4 heteroatoms. The zero-order valence-corrected chi connectivity index (χ0v) is 12.4. The van der Waals surface area contributed by atoms with Crippen LogP contribution < -0.4 is 5.32 Å². The number of hydrogen-bond donors (Lipinski definition) is 2. The number of aryl methyl sites for hydroxylation is 1. The van der Waals surface area contributed by atoms with Gasteiger partial charge in [0, 0.05) is 37.5 Å². The lowest BCUT2D eigenvalue weighted by Crippen LogP contribution is -2.35. The standard InChI is InChI=1S/C16H24N2O2/c1-12-11-13(7-8-15(12)17-2)16(20)18-9-3-5-14(18)6-4-10-19/h7-8,11,14,17,19H,3-6,9-10H2,1-2H3. The molecule has 1 unspecified atom stereocenters. The predicted octanol–water partition coefficient (Wildman–Crippen LogP) is 2.41. The first-order valence-electron chi connectivity index (χ1n) is 7.37. The molecule has 1 aliphatic rings. The molecule has 4 nitrogen and oxygen atoms in total. The average Bonchev–Trinajstić information content (AvgIpc) is 2.92. The second-order valence-electron chi connectivity index (χ2n) is 5.44. The molecule has 0 bridgehead atoms. The van der Waals surface area contributed by atoms with E-state index in [0.29, 0.717) is 6.04 Å². The van der Waals surface area contributed by atoms with Crippen LogP contribution in [-0.2, 0) is 0 Å². The largest absolute Gasteiger partial charge is 0.396 e. The van der Waals surface area contributed by atoms with Gasteiger partial charge in [-0.25, -0.2) is 0 Å². The summed E-state index contributed by atoms with van der Waals surface area (Å²) in [4.78, 5) is 14.6. The van der Waals surface area contributed by atoms with E-state index in [1.165, 1.54) is 0 Å². The molecule has 1 heterocycles. The fraction of sp³-hybridized carbons (Fsp3) is 0.562. The Balaban J connectivity index is 2.11. The number of rotatable bonds is 5. The minimum Gasteiger partial charge on any atom is -0.396 e. The number of amides is 1. The molecular formula is C16H24N2O2. The number of hydrogen-bond acceptors (Lipinski definition) is 3. The van der Waals surface area contributed by atoms with E-state index in [0.717, 1.165) is 49.0 Å². The molecule has 1 atom stereocenters.